The van der Waals surface area contributed by atoms with Crippen LogP contribution in [0, 0.1) is 12.8 Å². The van der Waals surface area contributed by atoms with Crippen LogP contribution in [0.2, 0.25) is 0 Å². The summed E-state index contributed by atoms with van der Waals surface area (Å²) in [6.45, 7) is 6.11. The molecule has 1 saturated carbocycles. The molecule has 4 rings (SSSR count). The van der Waals surface area contributed by atoms with Crippen molar-refractivity contribution < 1.29 is 14.3 Å². The lowest BCUT2D eigenvalue weighted by Gasteiger charge is -2.09. The van der Waals surface area contributed by atoms with E-state index < -0.39 is 0 Å². The van der Waals surface area contributed by atoms with E-state index >= 15 is 0 Å². The molecule has 8 heteroatoms. The fourth-order valence-corrected chi connectivity index (χ4v) is 3.46. The first-order valence-electron chi connectivity index (χ1n) is 11.5. The molecule has 2 aromatic heterocycles. The Hall–Kier alpha value is -3.26. The maximum atomic E-state index is 11.7. The first kappa shape index (κ1) is 25.4. The van der Waals surface area contributed by atoms with Gasteiger partial charge in [-0.15, -0.1) is 0 Å². The minimum absolute atomic E-state index is 0.110. The highest BCUT2D eigenvalue weighted by atomic mass is 32.2. The lowest BCUT2D eigenvalue weighted by molar-refractivity contribution is -0.120. The number of aryl methyl sites for hydroxylation is 1. The Bertz CT molecular complexity index is 998. The number of carbonyl (C=O) groups excluding carboxylic acids is 1. The molecule has 1 fully saturated rings. The van der Waals surface area contributed by atoms with Crippen molar-refractivity contribution in [3.05, 3.63) is 72.4 Å². The second kappa shape index (κ2) is 14.1. The van der Waals surface area contributed by atoms with Crippen LogP contribution in [0.3, 0.4) is 0 Å². The lowest BCUT2D eigenvalue weighted by atomic mass is 10.2. The molecule has 0 unspecified atom stereocenters. The molecule has 0 atom stereocenters. The number of nitrogens with zero attached hydrogens (tertiary/aromatic N) is 2. The summed E-state index contributed by atoms with van der Waals surface area (Å²) >= 11 is 1.28. The number of nitrogens with one attached hydrogen (secondary N) is 2. The van der Waals surface area contributed by atoms with Crippen LogP contribution in [0.1, 0.15) is 31.7 Å². The summed E-state index contributed by atoms with van der Waals surface area (Å²) in [5.41, 5.74) is 1.23. The van der Waals surface area contributed by atoms with Crippen LogP contribution in [0.4, 0.5) is 5.82 Å². The summed E-state index contributed by atoms with van der Waals surface area (Å²) in [6, 6.07) is 19.4. The molecule has 2 N–H and O–H groups in total. The molecular weight excluding hydrogens is 448 g/mol. The Morgan fingerprint density at radius 3 is 2.59 bits per heavy atom. The number of hydrogen-bond acceptors (Lipinski definition) is 7. The lowest BCUT2D eigenvalue weighted by Crippen LogP contribution is -2.17. The van der Waals surface area contributed by atoms with Crippen molar-refractivity contribution in [2.45, 2.75) is 38.1 Å². The number of benzene rings is 1. The molecular formula is C26H32N4O3S. The molecule has 0 aliphatic heterocycles. The molecule has 0 bridgehead atoms. The van der Waals surface area contributed by atoms with Gasteiger partial charge in [0, 0.05) is 36.7 Å². The maximum Gasteiger partial charge on any atom is 0.233 e. The summed E-state index contributed by atoms with van der Waals surface area (Å²) in [5.74, 6) is 2.72. The number of anilines is 1. The van der Waals surface area contributed by atoms with Crippen molar-refractivity contribution in [2.24, 2.45) is 5.92 Å². The number of pyridine rings is 2. The Kier molecular flexibility index (Phi) is 10.5. The quantitative estimate of drug-likeness (QED) is 0.285. The minimum Gasteiger partial charge on any atom is -0.494 e. The van der Waals surface area contributed by atoms with E-state index in [9.17, 15) is 4.79 Å². The number of hydrogen-bond donors (Lipinski definition) is 2. The second-order valence-corrected chi connectivity index (χ2v) is 8.57. The third kappa shape index (κ3) is 9.70. The molecule has 1 aliphatic rings. The van der Waals surface area contributed by atoms with Gasteiger partial charge < -0.3 is 14.8 Å². The van der Waals surface area contributed by atoms with Gasteiger partial charge in [-0.3, -0.25) is 9.52 Å². The zero-order chi connectivity index (χ0) is 24.0. The summed E-state index contributed by atoms with van der Waals surface area (Å²) in [7, 11) is 0. The van der Waals surface area contributed by atoms with Gasteiger partial charge in [-0.05, 0) is 63.4 Å². The molecule has 0 radical (unpaired) electrons. The summed E-state index contributed by atoms with van der Waals surface area (Å²) < 4.78 is 13.7. The molecule has 3 aromatic rings. The second-order valence-electron chi connectivity index (χ2n) is 7.75. The van der Waals surface area contributed by atoms with E-state index in [4.69, 9.17) is 9.47 Å². The average Bonchev–Trinajstić information content (AvgIpc) is 3.71. The van der Waals surface area contributed by atoms with Crippen LogP contribution in [-0.2, 0) is 4.79 Å². The molecule has 1 amide bonds. The third-order valence-electron chi connectivity index (χ3n) is 4.77. The molecule has 0 saturated heterocycles. The van der Waals surface area contributed by atoms with E-state index in [0.717, 1.165) is 42.4 Å². The Balaban J connectivity index is 0.000000302. The fourth-order valence-electron chi connectivity index (χ4n) is 2.80. The highest BCUT2D eigenvalue weighted by molar-refractivity contribution is 7.97. The van der Waals surface area contributed by atoms with Crippen molar-refractivity contribution >= 4 is 23.7 Å². The number of aromatic nitrogens is 2. The van der Waals surface area contributed by atoms with E-state index in [1.165, 1.54) is 17.5 Å². The van der Waals surface area contributed by atoms with Crippen molar-refractivity contribution in [2.75, 3.05) is 25.1 Å². The molecule has 1 aromatic carbocycles. The van der Waals surface area contributed by atoms with E-state index in [1.807, 2.05) is 67.6 Å². The van der Waals surface area contributed by atoms with Gasteiger partial charge in [-0.1, -0.05) is 29.8 Å². The minimum atomic E-state index is 0.110. The van der Waals surface area contributed by atoms with Crippen LogP contribution in [0.15, 0.2) is 71.9 Å². The van der Waals surface area contributed by atoms with Crippen LogP contribution in [-0.4, -0.2) is 35.6 Å². The molecule has 2 heterocycles. The standard InChI is InChI=1S/C19H23N3O2S.C7H9NO/c1-14-6-10-16(11-7-14)24-13-3-12-20-17-4-2-5-18(21-17)25-22-19(23)15-8-9-15;1-2-9-7-5-3-4-6-8-7/h2,4-7,10-11,15H,3,8-9,12-13H2,1H3,(H,20,21)(H,22,23);3-6H,2H2,1H3. The smallest absolute Gasteiger partial charge is 0.233 e. The number of carbonyl (C=O) groups is 1. The van der Waals surface area contributed by atoms with Gasteiger partial charge in [0.2, 0.25) is 11.8 Å². The van der Waals surface area contributed by atoms with Gasteiger partial charge in [0.25, 0.3) is 0 Å². The van der Waals surface area contributed by atoms with E-state index in [0.29, 0.717) is 19.1 Å². The van der Waals surface area contributed by atoms with Gasteiger partial charge in [0.05, 0.1) is 13.2 Å². The zero-order valence-electron chi connectivity index (χ0n) is 19.7. The highest BCUT2D eigenvalue weighted by Gasteiger charge is 2.29. The third-order valence-corrected chi connectivity index (χ3v) is 5.51. The molecule has 180 valence electrons. The van der Waals surface area contributed by atoms with Crippen molar-refractivity contribution in [3.8, 4) is 11.6 Å². The Labute approximate surface area is 205 Å². The van der Waals surface area contributed by atoms with Gasteiger partial charge in [0.15, 0.2) is 0 Å². The van der Waals surface area contributed by atoms with E-state index in [2.05, 4.69) is 26.9 Å². The monoisotopic (exact) mass is 480 g/mol. The maximum absolute atomic E-state index is 11.7. The number of rotatable bonds is 11. The predicted octanol–water partition coefficient (Wildman–Crippen LogP) is 5.28. The summed E-state index contributed by atoms with van der Waals surface area (Å²) in [4.78, 5) is 20.1. The van der Waals surface area contributed by atoms with Gasteiger partial charge in [0.1, 0.15) is 16.6 Å². The predicted molar refractivity (Wildman–Crippen MR) is 136 cm³/mol. The topological polar surface area (TPSA) is 85.4 Å². The first-order valence-corrected chi connectivity index (χ1v) is 12.4. The van der Waals surface area contributed by atoms with E-state index in [-0.39, 0.29) is 11.8 Å². The zero-order valence-corrected chi connectivity index (χ0v) is 20.5. The van der Waals surface area contributed by atoms with Crippen LogP contribution < -0.4 is 19.5 Å². The van der Waals surface area contributed by atoms with Crippen LogP contribution in [0.25, 0.3) is 0 Å². The molecule has 7 nitrogen and oxygen atoms in total. The normalized spacial score (nSPS) is 12.2. The van der Waals surface area contributed by atoms with Gasteiger partial charge in [-0.25, -0.2) is 9.97 Å². The molecule has 34 heavy (non-hydrogen) atoms. The Morgan fingerprint density at radius 2 is 1.88 bits per heavy atom. The summed E-state index contributed by atoms with van der Waals surface area (Å²) in [5, 5.41) is 4.07. The molecule has 0 spiro atoms. The van der Waals surface area contributed by atoms with Gasteiger partial charge >= 0.3 is 0 Å². The highest BCUT2D eigenvalue weighted by Crippen LogP contribution is 2.30. The Morgan fingerprint density at radius 1 is 1.06 bits per heavy atom. The van der Waals surface area contributed by atoms with Crippen molar-refractivity contribution in [1.29, 1.82) is 0 Å². The first-order chi connectivity index (χ1) is 16.6. The van der Waals surface area contributed by atoms with Crippen LogP contribution >= 0.6 is 11.9 Å². The largest absolute Gasteiger partial charge is 0.494 e. The van der Waals surface area contributed by atoms with Gasteiger partial charge in [-0.2, -0.15) is 0 Å². The van der Waals surface area contributed by atoms with Crippen LogP contribution in [0.5, 0.6) is 11.6 Å². The fraction of sp³-hybridized carbons (Fsp3) is 0.346. The average molecular weight is 481 g/mol. The van der Waals surface area contributed by atoms with E-state index in [1.54, 1.807) is 6.20 Å². The number of amides is 1. The van der Waals surface area contributed by atoms with Crippen molar-refractivity contribution in [1.82, 2.24) is 14.7 Å². The van der Waals surface area contributed by atoms with Crippen molar-refractivity contribution in [3.63, 3.8) is 0 Å². The SMILES string of the molecule is CCOc1ccccn1.Cc1ccc(OCCCNc2cccc(SNC(=O)C3CC3)n2)cc1. The molecule has 1 aliphatic carbocycles. The number of ether oxygens (including phenoxy) is 2. The summed E-state index contributed by atoms with van der Waals surface area (Å²) in [6.07, 6.45) is 4.61.